The number of aromatic nitrogens is 2. The Morgan fingerprint density at radius 2 is 2.33 bits per heavy atom. The highest BCUT2D eigenvalue weighted by molar-refractivity contribution is 9.10. The first-order valence-corrected chi connectivity index (χ1v) is 7.83. The number of nitrogens with one attached hydrogen (secondary N) is 1. The van der Waals surface area contributed by atoms with Gasteiger partial charge in [-0.15, -0.1) is 0 Å². The lowest BCUT2D eigenvalue weighted by Gasteiger charge is -2.12. The lowest BCUT2D eigenvalue weighted by Crippen LogP contribution is -2.32. The number of amides is 1. The zero-order valence-electron chi connectivity index (χ0n) is 11.9. The van der Waals surface area contributed by atoms with E-state index in [9.17, 15) is 4.79 Å². The summed E-state index contributed by atoms with van der Waals surface area (Å²) in [6.45, 7) is 3.91. The van der Waals surface area contributed by atoms with E-state index in [0.29, 0.717) is 29.7 Å². The summed E-state index contributed by atoms with van der Waals surface area (Å²) in [5, 5.41) is 7.74. The summed E-state index contributed by atoms with van der Waals surface area (Å²) in [6, 6.07) is 0. The van der Waals surface area contributed by atoms with Crippen LogP contribution in [0, 0.1) is 0 Å². The van der Waals surface area contributed by atoms with Crippen molar-refractivity contribution in [2.45, 2.75) is 19.9 Å². The fourth-order valence-corrected chi connectivity index (χ4v) is 2.66. The Bertz CT molecular complexity index is 585. The predicted octanol–water partition coefficient (Wildman–Crippen LogP) is 1.76. The van der Waals surface area contributed by atoms with Crippen LogP contribution in [0.25, 0.3) is 6.08 Å². The molecule has 0 spiro atoms. The summed E-state index contributed by atoms with van der Waals surface area (Å²) in [6.07, 6.45) is 4.33. The van der Waals surface area contributed by atoms with Gasteiger partial charge in [-0.3, -0.25) is 14.4 Å². The molecule has 2 rings (SSSR count). The molecule has 21 heavy (non-hydrogen) atoms. The fourth-order valence-electron chi connectivity index (χ4n) is 1.95. The van der Waals surface area contributed by atoms with Crippen LogP contribution < -0.4 is 5.32 Å². The number of thiocarbonyl (C=S) groups is 1. The lowest BCUT2D eigenvalue weighted by molar-refractivity contribution is -0.122. The van der Waals surface area contributed by atoms with Crippen molar-refractivity contribution in [3.63, 3.8) is 0 Å². The van der Waals surface area contributed by atoms with Gasteiger partial charge in [0.15, 0.2) is 5.11 Å². The molecule has 1 aliphatic rings. The second-order valence-corrected chi connectivity index (χ2v) is 5.75. The van der Waals surface area contributed by atoms with E-state index in [0.717, 1.165) is 17.4 Å². The summed E-state index contributed by atoms with van der Waals surface area (Å²) < 4.78 is 7.63. The van der Waals surface area contributed by atoms with Gasteiger partial charge in [0.1, 0.15) is 11.4 Å². The van der Waals surface area contributed by atoms with Crippen LogP contribution in [0.5, 0.6) is 0 Å². The number of carbonyl (C=O) groups is 1. The van der Waals surface area contributed by atoms with Crippen molar-refractivity contribution in [1.82, 2.24) is 20.0 Å². The summed E-state index contributed by atoms with van der Waals surface area (Å²) in [5.41, 5.74) is 1.15. The maximum Gasteiger partial charge on any atom is 0.276 e. The number of hydrogen-bond donors (Lipinski definition) is 1. The second-order valence-electron chi connectivity index (χ2n) is 4.51. The van der Waals surface area contributed by atoms with Crippen molar-refractivity contribution >= 4 is 45.2 Å². The molecule has 0 unspecified atom stereocenters. The molecule has 1 N–H and O–H groups in total. The van der Waals surface area contributed by atoms with Crippen molar-refractivity contribution < 1.29 is 9.53 Å². The topological polar surface area (TPSA) is 59.4 Å². The summed E-state index contributed by atoms with van der Waals surface area (Å²) in [5.74, 6) is -0.131. The van der Waals surface area contributed by atoms with E-state index >= 15 is 0 Å². The molecule has 0 radical (unpaired) electrons. The summed E-state index contributed by atoms with van der Waals surface area (Å²) in [7, 11) is 1.63. The van der Waals surface area contributed by atoms with Gasteiger partial charge in [0.25, 0.3) is 5.91 Å². The molecule has 1 amide bonds. The van der Waals surface area contributed by atoms with E-state index in [4.69, 9.17) is 17.0 Å². The number of carbonyl (C=O) groups excluding carboxylic acids is 1. The largest absolute Gasteiger partial charge is 0.385 e. The molecule has 0 aromatic carbocycles. The highest BCUT2D eigenvalue weighted by Gasteiger charge is 2.30. The highest BCUT2D eigenvalue weighted by Crippen LogP contribution is 2.20. The highest BCUT2D eigenvalue weighted by atomic mass is 79.9. The molecule has 1 aromatic rings. The molecular formula is C13H17BrN4O2S. The first kappa shape index (κ1) is 16.1. The molecule has 6 nitrogen and oxygen atoms in total. The maximum absolute atomic E-state index is 12.3. The van der Waals surface area contributed by atoms with Crippen LogP contribution in [0.2, 0.25) is 0 Å². The van der Waals surface area contributed by atoms with Gasteiger partial charge in [-0.1, -0.05) is 0 Å². The average molecular weight is 373 g/mol. The number of nitrogens with zero attached hydrogens (tertiary/aromatic N) is 3. The average Bonchev–Trinajstić information content (AvgIpc) is 2.94. The molecule has 1 saturated heterocycles. The molecule has 0 saturated carbocycles. The third-order valence-corrected chi connectivity index (χ3v) is 3.97. The van der Waals surface area contributed by atoms with Gasteiger partial charge in [-0.2, -0.15) is 5.10 Å². The van der Waals surface area contributed by atoms with Crippen LogP contribution >= 0.6 is 28.1 Å². The zero-order valence-corrected chi connectivity index (χ0v) is 14.3. The zero-order chi connectivity index (χ0) is 15.4. The van der Waals surface area contributed by atoms with Crippen molar-refractivity contribution in [3.05, 3.63) is 22.1 Å². The van der Waals surface area contributed by atoms with Gasteiger partial charge in [0, 0.05) is 33.0 Å². The van der Waals surface area contributed by atoms with Gasteiger partial charge in [0.2, 0.25) is 0 Å². The summed E-state index contributed by atoms with van der Waals surface area (Å²) >= 11 is 8.63. The van der Waals surface area contributed by atoms with Crippen molar-refractivity contribution in [3.8, 4) is 0 Å². The molecule has 0 atom stereocenters. The molecule has 114 valence electrons. The van der Waals surface area contributed by atoms with Crippen molar-refractivity contribution in [2.24, 2.45) is 0 Å². The number of hydrogen-bond acceptors (Lipinski definition) is 4. The van der Waals surface area contributed by atoms with E-state index < -0.39 is 0 Å². The molecular weight excluding hydrogens is 356 g/mol. The molecule has 1 fully saturated rings. The number of aryl methyl sites for hydroxylation is 1. The van der Waals surface area contributed by atoms with E-state index in [1.165, 1.54) is 0 Å². The van der Waals surface area contributed by atoms with Crippen LogP contribution in [0.15, 0.2) is 16.4 Å². The lowest BCUT2D eigenvalue weighted by atomic mass is 10.3. The monoisotopic (exact) mass is 372 g/mol. The van der Waals surface area contributed by atoms with Gasteiger partial charge < -0.3 is 10.1 Å². The Morgan fingerprint density at radius 3 is 2.95 bits per heavy atom. The Hall–Kier alpha value is -1.25. The van der Waals surface area contributed by atoms with Crippen molar-refractivity contribution in [2.75, 3.05) is 20.3 Å². The Kier molecular flexibility index (Phi) is 5.49. The Labute approximate surface area is 137 Å². The van der Waals surface area contributed by atoms with Crippen LogP contribution in [0.3, 0.4) is 0 Å². The van der Waals surface area contributed by atoms with E-state index in [2.05, 4.69) is 26.3 Å². The number of rotatable bonds is 6. The van der Waals surface area contributed by atoms with Crippen LogP contribution in [-0.4, -0.2) is 46.0 Å². The molecule has 8 heteroatoms. The normalized spacial score (nSPS) is 16.9. The number of halogens is 1. The molecule has 0 bridgehead atoms. The Morgan fingerprint density at radius 1 is 1.57 bits per heavy atom. The Balaban J connectivity index is 2.13. The minimum Gasteiger partial charge on any atom is -0.385 e. The fraction of sp³-hybridized carbons (Fsp3) is 0.462. The smallest absolute Gasteiger partial charge is 0.276 e. The van der Waals surface area contributed by atoms with Gasteiger partial charge >= 0.3 is 0 Å². The predicted molar refractivity (Wildman–Crippen MR) is 87.5 cm³/mol. The quantitative estimate of drug-likeness (QED) is 0.468. The molecule has 1 aliphatic heterocycles. The standard InChI is InChI=1S/C13H17BrN4O2S/c1-3-17-8-9(14)10(16-17)7-11-12(19)18(13(21)15-11)5-4-6-20-2/h7-8H,3-6H2,1-2H3,(H,15,21)/b11-7+. The second kappa shape index (κ2) is 7.15. The van der Waals surface area contributed by atoms with Crippen molar-refractivity contribution in [1.29, 1.82) is 0 Å². The minimum absolute atomic E-state index is 0.131. The number of methoxy groups -OCH3 is 1. The van der Waals surface area contributed by atoms with E-state index in [1.54, 1.807) is 22.8 Å². The third-order valence-electron chi connectivity index (χ3n) is 3.04. The summed E-state index contributed by atoms with van der Waals surface area (Å²) in [4.78, 5) is 13.9. The van der Waals surface area contributed by atoms with Crippen LogP contribution in [-0.2, 0) is 16.1 Å². The third kappa shape index (κ3) is 3.69. The van der Waals surface area contributed by atoms with E-state index in [1.807, 2.05) is 13.1 Å². The molecule has 0 aliphatic carbocycles. The number of ether oxygens (including phenoxy) is 1. The first-order valence-electron chi connectivity index (χ1n) is 6.63. The maximum atomic E-state index is 12.3. The van der Waals surface area contributed by atoms with Gasteiger partial charge in [-0.25, -0.2) is 0 Å². The molecule has 1 aromatic heterocycles. The SMILES string of the molecule is CCn1cc(Br)c(/C=C2/NC(=S)N(CCCOC)C2=O)n1. The van der Waals surface area contributed by atoms with Gasteiger partial charge in [0.05, 0.1) is 4.47 Å². The first-order chi connectivity index (χ1) is 10.1. The van der Waals surface area contributed by atoms with Gasteiger partial charge in [-0.05, 0) is 47.6 Å². The van der Waals surface area contributed by atoms with Crippen LogP contribution in [0.4, 0.5) is 0 Å². The van der Waals surface area contributed by atoms with Crippen LogP contribution in [0.1, 0.15) is 19.0 Å². The minimum atomic E-state index is -0.131. The van der Waals surface area contributed by atoms with E-state index in [-0.39, 0.29) is 5.91 Å². The molecule has 2 heterocycles.